The number of primary sulfonamides is 1. The number of benzene rings is 2. The lowest BCUT2D eigenvalue weighted by atomic mass is 10.2. The molecule has 0 aromatic heterocycles. The van der Waals surface area contributed by atoms with Crippen LogP contribution in [0, 0.1) is 5.82 Å². The number of rotatable bonds is 7. The predicted molar refractivity (Wildman–Crippen MR) is 96.2 cm³/mol. The third-order valence-corrected chi connectivity index (χ3v) is 4.41. The molecule has 11 heteroatoms. The maximum absolute atomic E-state index is 13.8. The van der Waals surface area contributed by atoms with E-state index in [1.54, 1.807) is 6.07 Å². The summed E-state index contributed by atoms with van der Waals surface area (Å²) < 4.78 is 51.3. The van der Waals surface area contributed by atoms with Crippen LogP contribution >= 0.6 is 0 Å². The van der Waals surface area contributed by atoms with Crippen LogP contribution in [0.5, 0.6) is 11.5 Å². The van der Waals surface area contributed by atoms with Gasteiger partial charge in [0.15, 0.2) is 6.61 Å². The number of sulfonamides is 1. The quantitative estimate of drug-likeness (QED) is 0.654. The highest BCUT2D eigenvalue weighted by atomic mass is 32.2. The van der Waals surface area contributed by atoms with Gasteiger partial charge in [-0.15, -0.1) is 0 Å². The highest BCUT2D eigenvalue weighted by Gasteiger charge is 2.19. The maximum atomic E-state index is 13.8. The molecule has 9 nitrogen and oxygen atoms in total. The van der Waals surface area contributed by atoms with Crippen molar-refractivity contribution in [3.05, 3.63) is 47.8 Å². The van der Waals surface area contributed by atoms with Crippen LogP contribution in [0.15, 0.2) is 41.3 Å². The van der Waals surface area contributed by atoms with Crippen molar-refractivity contribution in [3.8, 4) is 11.5 Å². The standard InChI is InChI=1S/C17H17FN2O7S/c1-25-10-3-6-14(15(7-10)26-2)20-16(21)9-27-17(22)12-8-11(28(19,23)24)4-5-13(12)18/h3-8H,9H2,1-2H3,(H,20,21)(H2,19,23,24). The van der Waals surface area contributed by atoms with Gasteiger partial charge in [-0.25, -0.2) is 22.7 Å². The summed E-state index contributed by atoms with van der Waals surface area (Å²) in [6.07, 6.45) is 0. The maximum Gasteiger partial charge on any atom is 0.341 e. The van der Waals surface area contributed by atoms with Crippen molar-refractivity contribution in [2.24, 2.45) is 5.14 Å². The van der Waals surface area contributed by atoms with Crippen LogP contribution in [0.4, 0.5) is 10.1 Å². The summed E-state index contributed by atoms with van der Waals surface area (Å²) in [6.45, 7) is -0.743. The molecule has 0 spiro atoms. The number of carbonyl (C=O) groups excluding carboxylic acids is 2. The van der Waals surface area contributed by atoms with Gasteiger partial charge in [0.1, 0.15) is 17.3 Å². The number of hydrogen-bond acceptors (Lipinski definition) is 7. The Labute approximate surface area is 160 Å². The Morgan fingerprint density at radius 2 is 1.82 bits per heavy atom. The van der Waals surface area contributed by atoms with Crippen LogP contribution in [0.25, 0.3) is 0 Å². The number of halogens is 1. The number of nitrogens with two attached hydrogens (primary N) is 1. The van der Waals surface area contributed by atoms with E-state index < -0.39 is 44.8 Å². The van der Waals surface area contributed by atoms with Gasteiger partial charge in [0.05, 0.1) is 30.4 Å². The molecule has 3 N–H and O–H groups in total. The Bertz CT molecular complexity index is 1010. The first-order valence-electron chi connectivity index (χ1n) is 7.67. The van der Waals surface area contributed by atoms with E-state index in [-0.39, 0.29) is 0 Å². The molecule has 0 fully saturated rings. The van der Waals surface area contributed by atoms with Crippen LogP contribution in [-0.4, -0.2) is 41.1 Å². The summed E-state index contributed by atoms with van der Waals surface area (Å²) in [5.41, 5.74) is -0.367. The summed E-state index contributed by atoms with van der Waals surface area (Å²) in [5.74, 6) is -2.15. The van der Waals surface area contributed by atoms with Crippen molar-refractivity contribution in [1.82, 2.24) is 0 Å². The van der Waals surface area contributed by atoms with Crippen LogP contribution in [-0.2, 0) is 19.6 Å². The summed E-state index contributed by atoms with van der Waals surface area (Å²) in [4.78, 5) is 23.5. The van der Waals surface area contributed by atoms with Gasteiger partial charge in [0, 0.05) is 6.07 Å². The second kappa shape index (κ2) is 8.67. The smallest absolute Gasteiger partial charge is 0.341 e. The Hall–Kier alpha value is -3.18. The topological polar surface area (TPSA) is 134 Å². The first-order chi connectivity index (χ1) is 13.2. The van der Waals surface area contributed by atoms with Gasteiger partial charge in [0.25, 0.3) is 5.91 Å². The number of amides is 1. The van der Waals surface area contributed by atoms with Gasteiger partial charge in [-0.1, -0.05) is 0 Å². The van der Waals surface area contributed by atoms with Crippen LogP contribution in [0.2, 0.25) is 0 Å². The van der Waals surface area contributed by atoms with Gasteiger partial charge in [-0.3, -0.25) is 4.79 Å². The Morgan fingerprint density at radius 1 is 1.11 bits per heavy atom. The zero-order valence-electron chi connectivity index (χ0n) is 14.9. The lowest BCUT2D eigenvalue weighted by Gasteiger charge is -2.12. The highest BCUT2D eigenvalue weighted by molar-refractivity contribution is 7.89. The lowest BCUT2D eigenvalue weighted by molar-refractivity contribution is -0.119. The average molecular weight is 412 g/mol. The number of ether oxygens (including phenoxy) is 3. The number of carbonyl (C=O) groups is 2. The third-order valence-electron chi connectivity index (χ3n) is 3.50. The molecule has 1 amide bonds. The molecule has 2 aromatic carbocycles. The van der Waals surface area contributed by atoms with E-state index in [1.807, 2.05) is 0 Å². The molecule has 2 aromatic rings. The molecule has 0 heterocycles. The van der Waals surface area contributed by atoms with Gasteiger partial charge >= 0.3 is 5.97 Å². The van der Waals surface area contributed by atoms with Crippen molar-refractivity contribution in [2.75, 3.05) is 26.1 Å². The molecule has 0 radical (unpaired) electrons. The van der Waals surface area contributed by atoms with E-state index in [9.17, 15) is 22.4 Å². The second-order valence-corrected chi connectivity index (χ2v) is 6.94. The van der Waals surface area contributed by atoms with Gasteiger partial charge < -0.3 is 19.5 Å². The monoisotopic (exact) mass is 412 g/mol. The number of methoxy groups -OCH3 is 2. The fourth-order valence-electron chi connectivity index (χ4n) is 2.13. The minimum absolute atomic E-state index is 0.298. The molecule has 0 aliphatic heterocycles. The van der Waals surface area contributed by atoms with Crippen molar-refractivity contribution in [1.29, 1.82) is 0 Å². The zero-order chi connectivity index (χ0) is 20.9. The number of nitrogens with one attached hydrogen (secondary N) is 1. The number of anilines is 1. The molecule has 0 saturated carbocycles. The number of hydrogen-bond donors (Lipinski definition) is 2. The first-order valence-corrected chi connectivity index (χ1v) is 9.21. The number of esters is 1. The zero-order valence-corrected chi connectivity index (χ0v) is 15.7. The molecule has 0 atom stereocenters. The van der Waals surface area contributed by atoms with Crippen LogP contribution in [0.3, 0.4) is 0 Å². The molecular weight excluding hydrogens is 395 g/mol. The Kier molecular flexibility index (Phi) is 6.54. The van der Waals surface area contributed by atoms with Crippen molar-refractivity contribution < 1.29 is 36.6 Å². The molecule has 28 heavy (non-hydrogen) atoms. The fraction of sp³-hybridized carbons (Fsp3) is 0.176. The lowest BCUT2D eigenvalue weighted by Crippen LogP contribution is -2.22. The van der Waals surface area contributed by atoms with Crippen LogP contribution in [0.1, 0.15) is 10.4 Å². The predicted octanol–water partition coefficient (Wildman–Crippen LogP) is 1.29. The van der Waals surface area contributed by atoms with Crippen LogP contribution < -0.4 is 19.9 Å². The highest BCUT2D eigenvalue weighted by Crippen LogP contribution is 2.28. The van der Waals surface area contributed by atoms with E-state index in [0.717, 1.165) is 18.2 Å². The molecule has 0 bridgehead atoms. The summed E-state index contributed by atoms with van der Waals surface area (Å²) >= 11 is 0. The van der Waals surface area contributed by atoms with E-state index in [4.69, 9.17) is 19.3 Å². The van der Waals surface area contributed by atoms with Crippen molar-refractivity contribution >= 4 is 27.6 Å². The fourth-order valence-corrected chi connectivity index (χ4v) is 2.67. The SMILES string of the molecule is COc1ccc(NC(=O)COC(=O)c2cc(S(N)(=O)=O)ccc2F)c(OC)c1. The molecular formula is C17H17FN2O7S. The normalized spacial score (nSPS) is 10.9. The summed E-state index contributed by atoms with van der Waals surface area (Å²) in [7, 11) is -1.28. The Balaban J connectivity index is 2.06. The molecule has 2 rings (SSSR count). The molecule has 0 aliphatic rings. The average Bonchev–Trinajstić information content (AvgIpc) is 2.65. The van der Waals surface area contributed by atoms with E-state index in [2.05, 4.69) is 5.32 Å². The van der Waals surface area contributed by atoms with E-state index in [1.165, 1.54) is 26.4 Å². The van der Waals surface area contributed by atoms with Gasteiger partial charge in [0.2, 0.25) is 10.0 Å². The minimum atomic E-state index is -4.14. The summed E-state index contributed by atoms with van der Waals surface area (Å²) in [5, 5.41) is 7.41. The molecule has 0 aliphatic carbocycles. The van der Waals surface area contributed by atoms with E-state index in [0.29, 0.717) is 17.2 Å². The first kappa shape index (κ1) is 21.1. The second-order valence-electron chi connectivity index (χ2n) is 5.38. The van der Waals surface area contributed by atoms with E-state index >= 15 is 0 Å². The molecule has 150 valence electrons. The van der Waals surface area contributed by atoms with Gasteiger partial charge in [-0.2, -0.15) is 0 Å². The molecule has 0 saturated heterocycles. The summed E-state index contributed by atoms with van der Waals surface area (Å²) in [6, 6.07) is 7.04. The van der Waals surface area contributed by atoms with Crippen molar-refractivity contribution in [2.45, 2.75) is 4.90 Å². The molecule has 0 unspecified atom stereocenters. The largest absolute Gasteiger partial charge is 0.497 e. The minimum Gasteiger partial charge on any atom is -0.497 e. The Morgan fingerprint density at radius 3 is 2.43 bits per heavy atom. The van der Waals surface area contributed by atoms with Gasteiger partial charge in [-0.05, 0) is 30.3 Å². The van der Waals surface area contributed by atoms with Crippen molar-refractivity contribution in [3.63, 3.8) is 0 Å². The third kappa shape index (κ3) is 5.18.